The molecule has 1 aliphatic rings. The van der Waals surface area contributed by atoms with Gasteiger partial charge in [0.15, 0.2) is 0 Å². The van der Waals surface area contributed by atoms with Crippen LogP contribution in [0.3, 0.4) is 0 Å². The van der Waals surface area contributed by atoms with Crippen molar-refractivity contribution in [2.24, 2.45) is 0 Å². The van der Waals surface area contributed by atoms with Gasteiger partial charge in [0.05, 0.1) is 18.0 Å². The molecule has 9 heteroatoms. The van der Waals surface area contributed by atoms with E-state index in [1.165, 1.54) is 34.8 Å². The van der Waals surface area contributed by atoms with E-state index in [4.69, 9.17) is 0 Å². The van der Waals surface area contributed by atoms with Gasteiger partial charge in [0.2, 0.25) is 21.8 Å². The molecule has 180 valence electrons. The Kier molecular flexibility index (Phi) is 9.46. The number of nitrogens with one attached hydrogen (secondary N) is 2. The van der Waals surface area contributed by atoms with E-state index >= 15 is 0 Å². The molecule has 2 aromatic rings. The summed E-state index contributed by atoms with van der Waals surface area (Å²) >= 11 is 1.51. The molecule has 0 spiro atoms. The van der Waals surface area contributed by atoms with Crippen LogP contribution in [-0.2, 0) is 26.2 Å². The Labute approximate surface area is 200 Å². The van der Waals surface area contributed by atoms with Gasteiger partial charge in [0, 0.05) is 10.9 Å². The molecule has 0 bridgehead atoms. The molecule has 7 nitrogen and oxygen atoms in total. The molecule has 0 saturated heterocycles. The third-order valence-corrected chi connectivity index (χ3v) is 8.16. The average Bonchev–Trinajstić information content (AvgIpc) is 3.34. The summed E-state index contributed by atoms with van der Waals surface area (Å²) < 4.78 is 27.6. The summed E-state index contributed by atoms with van der Waals surface area (Å²) in [6.07, 6.45) is 6.55. The van der Waals surface area contributed by atoms with Gasteiger partial charge in [-0.1, -0.05) is 56.9 Å². The smallest absolute Gasteiger partial charge is 0.243 e. The van der Waals surface area contributed by atoms with Crippen molar-refractivity contribution in [1.29, 1.82) is 0 Å². The lowest BCUT2D eigenvalue weighted by Gasteiger charge is -2.33. The number of thiophene rings is 1. The molecule has 1 fully saturated rings. The van der Waals surface area contributed by atoms with Crippen molar-refractivity contribution in [3.05, 3.63) is 52.7 Å². The van der Waals surface area contributed by atoms with Crippen LogP contribution in [-0.4, -0.2) is 43.8 Å². The number of benzene rings is 1. The first-order valence-electron chi connectivity index (χ1n) is 11.6. The summed E-state index contributed by atoms with van der Waals surface area (Å²) in [5, 5.41) is 5.07. The summed E-state index contributed by atoms with van der Waals surface area (Å²) in [7, 11) is -3.83. The predicted octanol–water partition coefficient (Wildman–Crippen LogP) is 3.67. The van der Waals surface area contributed by atoms with E-state index < -0.39 is 28.5 Å². The van der Waals surface area contributed by atoms with E-state index in [-0.39, 0.29) is 23.4 Å². The lowest BCUT2D eigenvalue weighted by molar-refractivity contribution is -0.141. The Hall–Kier alpha value is -2.23. The Balaban J connectivity index is 1.76. The average molecular weight is 492 g/mol. The normalized spacial score (nSPS) is 15.7. The minimum Gasteiger partial charge on any atom is -0.352 e. The third kappa shape index (κ3) is 7.38. The number of carbonyl (C=O) groups is 2. The monoisotopic (exact) mass is 491 g/mol. The number of sulfonamides is 1. The number of hydrogen-bond donors (Lipinski definition) is 2. The molecule has 1 aromatic heterocycles. The highest BCUT2D eigenvalue weighted by molar-refractivity contribution is 7.89. The fourth-order valence-corrected chi connectivity index (χ4v) is 5.83. The highest BCUT2D eigenvalue weighted by Crippen LogP contribution is 2.20. The van der Waals surface area contributed by atoms with Crippen molar-refractivity contribution in [2.75, 3.05) is 6.54 Å². The van der Waals surface area contributed by atoms with Crippen molar-refractivity contribution >= 4 is 33.2 Å². The lowest BCUT2D eigenvalue weighted by atomic mass is 9.95. The summed E-state index contributed by atoms with van der Waals surface area (Å²) in [6.45, 7) is 1.85. The Morgan fingerprint density at radius 2 is 1.82 bits per heavy atom. The third-order valence-electron chi connectivity index (χ3n) is 5.89. The summed E-state index contributed by atoms with van der Waals surface area (Å²) in [5.41, 5.74) is 0. The van der Waals surface area contributed by atoms with Crippen LogP contribution in [0, 0.1) is 0 Å². The second kappa shape index (κ2) is 12.3. The van der Waals surface area contributed by atoms with Gasteiger partial charge in [-0.3, -0.25) is 9.59 Å². The standard InChI is InChI=1S/C24H33N3O4S2/c1-2-10-22(24(29)26-19-11-5-3-6-12-19)27(18-20-13-9-16-32-20)23(28)17-25-33(30,31)21-14-7-4-8-15-21/h4,7-9,13-16,19,22,25H,2-3,5-6,10-12,17-18H2,1H3,(H,26,29)/t22-/m1/s1. The van der Waals surface area contributed by atoms with E-state index in [1.54, 1.807) is 18.2 Å². The van der Waals surface area contributed by atoms with Crippen molar-refractivity contribution in [1.82, 2.24) is 14.9 Å². The topological polar surface area (TPSA) is 95.6 Å². The second-order valence-corrected chi connectivity index (χ2v) is 11.2. The molecule has 2 amide bonds. The van der Waals surface area contributed by atoms with Gasteiger partial charge in [0.1, 0.15) is 6.04 Å². The maximum atomic E-state index is 13.3. The molecular weight excluding hydrogens is 458 g/mol. The fourth-order valence-electron chi connectivity index (χ4n) is 4.13. The molecule has 0 aliphatic heterocycles. The summed E-state index contributed by atoms with van der Waals surface area (Å²) in [5.74, 6) is -0.570. The van der Waals surface area contributed by atoms with E-state index in [1.807, 2.05) is 24.4 Å². The molecule has 1 atom stereocenters. The van der Waals surface area contributed by atoms with Crippen LogP contribution in [0.4, 0.5) is 0 Å². The molecule has 33 heavy (non-hydrogen) atoms. The van der Waals surface area contributed by atoms with Crippen LogP contribution in [0.15, 0.2) is 52.7 Å². The molecule has 1 heterocycles. The van der Waals surface area contributed by atoms with Gasteiger partial charge in [0.25, 0.3) is 0 Å². The molecule has 1 aliphatic carbocycles. The van der Waals surface area contributed by atoms with Gasteiger partial charge in [-0.15, -0.1) is 11.3 Å². The molecule has 1 aromatic carbocycles. The van der Waals surface area contributed by atoms with Gasteiger partial charge >= 0.3 is 0 Å². The number of rotatable bonds is 11. The fraction of sp³-hybridized carbons (Fsp3) is 0.500. The zero-order valence-corrected chi connectivity index (χ0v) is 20.7. The van der Waals surface area contributed by atoms with Crippen molar-refractivity contribution < 1.29 is 18.0 Å². The minimum absolute atomic E-state index is 0.0998. The van der Waals surface area contributed by atoms with E-state index in [9.17, 15) is 18.0 Å². The molecule has 1 saturated carbocycles. The summed E-state index contributed by atoms with van der Waals surface area (Å²) in [6, 6.07) is 11.3. The predicted molar refractivity (Wildman–Crippen MR) is 130 cm³/mol. The van der Waals surface area contributed by atoms with Crippen LogP contribution < -0.4 is 10.0 Å². The van der Waals surface area contributed by atoms with E-state index in [0.29, 0.717) is 6.42 Å². The van der Waals surface area contributed by atoms with Crippen molar-refractivity contribution in [3.8, 4) is 0 Å². The maximum absolute atomic E-state index is 13.3. The highest BCUT2D eigenvalue weighted by Gasteiger charge is 2.31. The Morgan fingerprint density at radius 3 is 2.45 bits per heavy atom. The number of amides is 2. The van der Waals surface area contributed by atoms with Crippen LogP contribution in [0.25, 0.3) is 0 Å². The summed E-state index contributed by atoms with van der Waals surface area (Å²) in [4.78, 5) is 29.1. The largest absolute Gasteiger partial charge is 0.352 e. The first-order chi connectivity index (χ1) is 15.9. The first kappa shape index (κ1) is 25.4. The van der Waals surface area contributed by atoms with Crippen molar-refractivity contribution in [2.45, 2.75) is 75.4 Å². The van der Waals surface area contributed by atoms with Gasteiger partial charge < -0.3 is 10.2 Å². The lowest BCUT2D eigenvalue weighted by Crippen LogP contribution is -2.53. The van der Waals surface area contributed by atoms with E-state index in [2.05, 4.69) is 10.0 Å². The first-order valence-corrected chi connectivity index (χ1v) is 13.9. The number of carbonyl (C=O) groups excluding carboxylic acids is 2. The van der Waals surface area contributed by atoms with E-state index in [0.717, 1.165) is 37.0 Å². The van der Waals surface area contributed by atoms with Gasteiger partial charge in [-0.05, 0) is 42.8 Å². The zero-order valence-electron chi connectivity index (χ0n) is 19.0. The molecule has 2 N–H and O–H groups in total. The SMILES string of the molecule is CCC[C@H](C(=O)NC1CCCCC1)N(Cc1cccs1)C(=O)CNS(=O)(=O)c1ccccc1. The van der Waals surface area contributed by atoms with Crippen LogP contribution in [0.1, 0.15) is 56.7 Å². The van der Waals surface area contributed by atoms with Crippen LogP contribution in [0.2, 0.25) is 0 Å². The molecule has 3 rings (SSSR count). The molecule has 0 unspecified atom stereocenters. The van der Waals surface area contributed by atoms with Gasteiger partial charge in [-0.25, -0.2) is 13.1 Å². The van der Waals surface area contributed by atoms with Crippen molar-refractivity contribution in [3.63, 3.8) is 0 Å². The number of hydrogen-bond acceptors (Lipinski definition) is 5. The van der Waals surface area contributed by atoms with Crippen LogP contribution >= 0.6 is 11.3 Å². The zero-order chi connectivity index (χ0) is 23.7. The molecule has 0 radical (unpaired) electrons. The highest BCUT2D eigenvalue weighted by atomic mass is 32.2. The molecular formula is C24H33N3O4S2. The maximum Gasteiger partial charge on any atom is 0.243 e. The second-order valence-electron chi connectivity index (χ2n) is 8.39. The minimum atomic E-state index is -3.83. The quantitative estimate of drug-likeness (QED) is 0.501. The Bertz CT molecular complexity index is 988. The van der Waals surface area contributed by atoms with Crippen LogP contribution in [0.5, 0.6) is 0 Å². The number of nitrogens with zero attached hydrogens (tertiary/aromatic N) is 1. The Morgan fingerprint density at radius 1 is 1.09 bits per heavy atom. The van der Waals surface area contributed by atoms with Gasteiger partial charge in [-0.2, -0.15) is 0 Å².